The molecule has 8 heteroatoms. The molecule has 1 aliphatic rings. The molecule has 1 saturated heterocycles. The highest BCUT2D eigenvalue weighted by Gasteiger charge is 2.23. The van der Waals surface area contributed by atoms with E-state index < -0.39 is 0 Å². The number of rotatable bonds is 6. The molecule has 3 aromatic carbocycles. The van der Waals surface area contributed by atoms with Crippen molar-refractivity contribution >= 4 is 40.5 Å². The van der Waals surface area contributed by atoms with Crippen molar-refractivity contribution in [1.82, 2.24) is 10.2 Å². The SMILES string of the molecule is CCOc1ccc(C(=O)NC(=S)Nc2ccccc2N2CCN(C(=O)c3ccccc3)CC2)cc1. The van der Waals surface area contributed by atoms with E-state index in [4.69, 9.17) is 17.0 Å². The molecule has 0 aromatic heterocycles. The first-order chi connectivity index (χ1) is 17.0. The second-order valence-corrected chi connectivity index (χ2v) is 8.44. The predicted octanol–water partition coefficient (Wildman–Crippen LogP) is 4.17. The summed E-state index contributed by atoms with van der Waals surface area (Å²) >= 11 is 5.41. The summed E-state index contributed by atoms with van der Waals surface area (Å²) in [4.78, 5) is 29.4. The van der Waals surface area contributed by atoms with E-state index >= 15 is 0 Å². The van der Waals surface area contributed by atoms with Crippen LogP contribution in [0.25, 0.3) is 0 Å². The van der Waals surface area contributed by atoms with Crippen LogP contribution in [0, 0.1) is 0 Å². The number of anilines is 2. The molecule has 0 saturated carbocycles. The Hall–Kier alpha value is -3.91. The van der Waals surface area contributed by atoms with Crippen molar-refractivity contribution in [3.63, 3.8) is 0 Å². The van der Waals surface area contributed by atoms with Crippen molar-refractivity contribution in [2.45, 2.75) is 6.92 Å². The summed E-state index contributed by atoms with van der Waals surface area (Å²) in [6.45, 7) is 5.12. The van der Waals surface area contributed by atoms with E-state index in [1.165, 1.54) is 0 Å². The summed E-state index contributed by atoms with van der Waals surface area (Å²) in [5.41, 5.74) is 2.96. The molecule has 0 bridgehead atoms. The van der Waals surface area contributed by atoms with Gasteiger partial charge in [-0.3, -0.25) is 14.9 Å². The molecule has 0 aliphatic carbocycles. The Kier molecular flexibility index (Phi) is 7.95. The van der Waals surface area contributed by atoms with Gasteiger partial charge >= 0.3 is 0 Å². The zero-order chi connectivity index (χ0) is 24.6. The van der Waals surface area contributed by atoms with E-state index in [1.54, 1.807) is 24.3 Å². The third-order valence-electron chi connectivity index (χ3n) is 5.74. The number of thiocarbonyl (C=S) groups is 1. The van der Waals surface area contributed by atoms with Gasteiger partial charge in [-0.05, 0) is 67.7 Å². The molecule has 0 atom stereocenters. The molecule has 7 nitrogen and oxygen atoms in total. The minimum absolute atomic E-state index is 0.0508. The first-order valence-corrected chi connectivity index (χ1v) is 12.0. The number of nitrogens with one attached hydrogen (secondary N) is 2. The maximum atomic E-state index is 12.8. The van der Waals surface area contributed by atoms with Crippen LogP contribution in [0.1, 0.15) is 27.6 Å². The average Bonchev–Trinajstić information content (AvgIpc) is 2.90. The summed E-state index contributed by atoms with van der Waals surface area (Å²) < 4.78 is 5.42. The molecule has 0 radical (unpaired) electrons. The van der Waals surface area contributed by atoms with Gasteiger partial charge in [0.2, 0.25) is 0 Å². The molecule has 3 aromatic rings. The van der Waals surface area contributed by atoms with Crippen molar-refractivity contribution in [3.05, 3.63) is 90.0 Å². The summed E-state index contributed by atoms with van der Waals surface area (Å²) in [7, 11) is 0. The average molecular weight is 489 g/mol. The molecule has 2 amide bonds. The van der Waals surface area contributed by atoms with Crippen LogP contribution in [0.4, 0.5) is 11.4 Å². The van der Waals surface area contributed by atoms with Gasteiger partial charge in [-0.25, -0.2) is 0 Å². The summed E-state index contributed by atoms with van der Waals surface area (Å²) in [6.07, 6.45) is 0. The van der Waals surface area contributed by atoms with Crippen LogP contribution < -0.4 is 20.3 Å². The number of carbonyl (C=O) groups excluding carboxylic acids is 2. The fourth-order valence-corrected chi connectivity index (χ4v) is 4.17. The van der Waals surface area contributed by atoms with E-state index in [1.807, 2.05) is 66.4 Å². The highest BCUT2D eigenvalue weighted by atomic mass is 32.1. The number of para-hydroxylation sites is 2. The third-order valence-corrected chi connectivity index (χ3v) is 5.94. The zero-order valence-corrected chi connectivity index (χ0v) is 20.4. The van der Waals surface area contributed by atoms with Crippen LogP contribution in [-0.4, -0.2) is 54.6 Å². The van der Waals surface area contributed by atoms with Crippen LogP contribution >= 0.6 is 12.2 Å². The number of carbonyl (C=O) groups is 2. The summed E-state index contributed by atoms with van der Waals surface area (Å²) in [5.74, 6) is 0.468. The van der Waals surface area contributed by atoms with E-state index in [0.717, 1.165) is 11.4 Å². The smallest absolute Gasteiger partial charge is 0.257 e. The minimum atomic E-state index is -0.295. The number of nitrogens with zero attached hydrogens (tertiary/aromatic N) is 2. The number of piperazine rings is 1. The minimum Gasteiger partial charge on any atom is -0.494 e. The van der Waals surface area contributed by atoms with Gasteiger partial charge in [-0.15, -0.1) is 0 Å². The topological polar surface area (TPSA) is 73.9 Å². The molecule has 0 unspecified atom stereocenters. The van der Waals surface area contributed by atoms with Crippen molar-refractivity contribution in [1.29, 1.82) is 0 Å². The predicted molar refractivity (Wildman–Crippen MR) is 142 cm³/mol. The number of ether oxygens (including phenoxy) is 1. The Morgan fingerprint density at radius 3 is 2.20 bits per heavy atom. The highest BCUT2D eigenvalue weighted by Crippen LogP contribution is 2.27. The van der Waals surface area contributed by atoms with Gasteiger partial charge in [0, 0.05) is 37.3 Å². The van der Waals surface area contributed by atoms with Gasteiger partial charge < -0.3 is 19.9 Å². The second-order valence-electron chi connectivity index (χ2n) is 8.03. The fraction of sp³-hybridized carbons (Fsp3) is 0.222. The Balaban J connectivity index is 1.35. The van der Waals surface area contributed by atoms with E-state index in [-0.39, 0.29) is 16.9 Å². The molecular weight excluding hydrogens is 460 g/mol. The molecule has 0 spiro atoms. The molecule has 35 heavy (non-hydrogen) atoms. The van der Waals surface area contributed by atoms with Gasteiger partial charge in [0.1, 0.15) is 5.75 Å². The lowest BCUT2D eigenvalue weighted by Gasteiger charge is -2.37. The first-order valence-electron chi connectivity index (χ1n) is 11.6. The van der Waals surface area contributed by atoms with Gasteiger partial charge in [-0.2, -0.15) is 0 Å². The Morgan fingerprint density at radius 2 is 1.51 bits per heavy atom. The van der Waals surface area contributed by atoms with Crippen LogP contribution in [0.3, 0.4) is 0 Å². The molecular formula is C27H28N4O3S. The number of benzene rings is 3. The van der Waals surface area contributed by atoms with Crippen molar-refractivity contribution in [2.24, 2.45) is 0 Å². The van der Waals surface area contributed by atoms with Gasteiger partial charge in [0.25, 0.3) is 11.8 Å². The van der Waals surface area contributed by atoms with Crippen molar-refractivity contribution in [2.75, 3.05) is 43.0 Å². The van der Waals surface area contributed by atoms with E-state index in [9.17, 15) is 9.59 Å². The van der Waals surface area contributed by atoms with E-state index in [2.05, 4.69) is 15.5 Å². The monoisotopic (exact) mass is 488 g/mol. The molecule has 180 valence electrons. The second kappa shape index (κ2) is 11.5. The summed E-state index contributed by atoms with van der Waals surface area (Å²) in [5, 5.41) is 6.11. The fourth-order valence-electron chi connectivity index (χ4n) is 3.97. The molecule has 2 N–H and O–H groups in total. The lowest BCUT2D eigenvalue weighted by molar-refractivity contribution is 0.0746. The molecule has 1 aliphatic heterocycles. The molecule has 1 heterocycles. The Morgan fingerprint density at radius 1 is 0.857 bits per heavy atom. The normalized spacial score (nSPS) is 13.2. The maximum absolute atomic E-state index is 12.8. The van der Waals surface area contributed by atoms with Gasteiger partial charge in [-0.1, -0.05) is 30.3 Å². The lowest BCUT2D eigenvalue weighted by atomic mass is 10.1. The maximum Gasteiger partial charge on any atom is 0.257 e. The van der Waals surface area contributed by atoms with Gasteiger partial charge in [0.05, 0.1) is 18.0 Å². The van der Waals surface area contributed by atoms with Crippen LogP contribution in [0.15, 0.2) is 78.9 Å². The van der Waals surface area contributed by atoms with Gasteiger partial charge in [0.15, 0.2) is 5.11 Å². The number of amides is 2. The Labute approximate surface area is 210 Å². The third kappa shape index (κ3) is 6.16. The highest BCUT2D eigenvalue weighted by molar-refractivity contribution is 7.80. The number of hydrogen-bond acceptors (Lipinski definition) is 5. The zero-order valence-electron chi connectivity index (χ0n) is 19.6. The van der Waals surface area contributed by atoms with Crippen molar-refractivity contribution < 1.29 is 14.3 Å². The quantitative estimate of drug-likeness (QED) is 0.508. The molecule has 4 rings (SSSR count). The van der Waals surface area contributed by atoms with Crippen LogP contribution in [0.5, 0.6) is 5.75 Å². The standard InChI is InChI=1S/C27H28N4O3S/c1-2-34-22-14-12-20(13-15-22)25(32)29-27(35)28-23-10-6-7-11-24(23)30-16-18-31(19-17-30)26(33)21-8-4-3-5-9-21/h3-15H,2,16-19H2,1H3,(H2,28,29,32,35). The number of hydrogen-bond donors (Lipinski definition) is 2. The molecule has 1 fully saturated rings. The van der Waals surface area contributed by atoms with Crippen LogP contribution in [-0.2, 0) is 0 Å². The first kappa shape index (κ1) is 24.2. The van der Waals surface area contributed by atoms with E-state index in [0.29, 0.717) is 49.7 Å². The lowest BCUT2D eigenvalue weighted by Crippen LogP contribution is -2.49. The largest absolute Gasteiger partial charge is 0.494 e. The summed E-state index contributed by atoms with van der Waals surface area (Å²) in [6, 6.07) is 24.1. The van der Waals surface area contributed by atoms with Crippen molar-refractivity contribution in [3.8, 4) is 5.75 Å². The Bertz CT molecular complexity index is 1180. The van der Waals surface area contributed by atoms with Crippen LogP contribution in [0.2, 0.25) is 0 Å².